The summed E-state index contributed by atoms with van der Waals surface area (Å²) in [6, 6.07) is 19.6. The van der Waals surface area contributed by atoms with Crippen molar-refractivity contribution < 1.29 is 23.8 Å². The van der Waals surface area contributed by atoms with E-state index in [2.05, 4.69) is 9.97 Å². The summed E-state index contributed by atoms with van der Waals surface area (Å²) in [4.78, 5) is 34.0. The van der Waals surface area contributed by atoms with Crippen molar-refractivity contribution >= 4 is 22.8 Å². The van der Waals surface area contributed by atoms with E-state index in [-0.39, 0.29) is 23.6 Å². The minimum atomic E-state index is -0.646. The zero-order valence-electron chi connectivity index (χ0n) is 17.6. The number of para-hydroxylation sites is 2. The third kappa shape index (κ3) is 4.27. The number of hydrogen-bond acceptors (Lipinski definition) is 7. The summed E-state index contributed by atoms with van der Waals surface area (Å²) in [5.74, 6) is -0.520. The quantitative estimate of drug-likeness (QED) is 0.405. The molecule has 0 bridgehead atoms. The molecular weight excluding hydrogens is 408 g/mol. The van der Waals surface area contributed by atoms with Gasteiger partial charge in [-0.1, -0.05) is 36.4 Å². The monoisotopic (exact) mass is 428 g/mol. The first-order chi connectivity index (χ1) is 15.6. The van der Waals surface area contributed by atoms with Crippen LogP contribution in [0.5, 0.6) is 11.6 Å². The van der Waals surface area contributed by atoms with Crippen molar-refractivity contribution in [2.24, 2.45) is 0 Å². The summed E-state index contributed by atoms with van der Waals surface area (Å²) in [6.45, 7) is 1.60. The van der Waals surface area contributed by atoms with Gasteiger partial charge in [0.15, 0.2) is 0 Å². The molecule has 0 N–H and O–H groups in total. The van der Waals surface area contributed by atoms with Crippen LogP contribution in [0.1, 0.15) is 32.0 Å². The summed E-state index contributed by atoms with van der Waals surface area (Å²) in [7, 11) is 1.30. The molecule has 0 fully saturated rings. The fourth-order valence-electron chi connectivity index (χ4n) is 3.36. The van der Waals surface area contributed by atoms with E-state index in [9.17, 15) is 9.59 Å². The molecule has 0 amide bonds. The fourth-order valence-corrected chi connectivity index (χ4v) is 3.36. The number of methoxy groups -OCH3 is 1. The van der Waals surface area contributed by atoms with Crippen molar-refractivity contribution in [3.05, 3.63) is 95.3 Å². The molecule has 0 radical (unpaired) electrons. The lowest BCUT2D eigenvalue weighted by Crippen LogP contribution is -2.14. The maximum absolute atomic E-state index is 12.8. The molecule has 0 aliphatic carbocycles. The van der Waals surface area contributed by atoms with E-state index >= 15 is 0 Å². The van der Waals surface area contributed by atoms with Crippen molar-refractivity contribution in [2.75, 3.05) is 7.11 Å². The van der Waals surface area contributed by atoms with Crippen LogP contribution in [0.3, 0.4) is 0 Å². The zero-order valence-corrected chi connectivity index (χ0v) is 17.6. The molecule has 4 aromatic rings. The van der Waals surface area contributed by atoms with Crippen molar-refractivity contribution in [3.63, 3.8) is 0 Å². The highest BCUT2D eigenvalue weighted by Gasteiger charge is 2.22. The number of benzene rings is 2. The van der Waals surface area contributed by atoms with Crippen LogP contribution in [0.4, 0.5) is 0 Å². The van der Waals surface area contributed by atoms with Crippen LogP contribution in [-0.4, -0.2) is 29.0 Å². The highest BCUT2D eigenvalue weighted by atomic mass is 16.5. The van der Waals surface area contributed by atoms with Crippen LogP contribution in [0.2, 0.25) is 0 Å². The Morgan fingerprint density at radius 2 is 1.66 bits per heavy atom. The Labute approximate surface area is 184 Å². The molecule has 32 heavy (non-hydrogen) atoms. The highest BCUT2D eigenvalue weighted by Crippen LogP contribution is 2.26. The number of nitrogens with zero attached hydrogens (tertiary/aromatic N) is 2. The second-order valence-corrected chi connectivity index (χ2v) is 6.91. The number of aromatic nitrogens is 2. The molecule has 0 saturated heterocycles. The lowest BCUT2D eigenvalue weighted by Gasteiger charge is -2.14. The van der Waals surface area contributed by atoms with E-state index < -0.39 is 11.9 Å². The zero-order chi connectivity index (χ0) is 22.5. The van der Waals surface area contributed by atoms with Gasteiger partial charge >= 0.3 is 11.9 Å². The summed E-state index contributed by atoms with van der Waals surface area (Å²) >= 11 is 0. The normalized spacial score (nSPS) is 10.6. The maximum Gasteiger partial charge on any atom is 0.344 e. The molecule has 0 atom stereocenters. The molecule has 0 aliphatic heterocycles. The number of aryl methyl sites for hydroxylation is 1. The summed E-state index contributed by atoms with van der Waals surface area (Å²) in [6.07, 6.45) is 1.53. The Morgan fingerprint density at radius 3 is 2.44 bits per heavy atom. The first-order valence-electron chi connectivity index (χ1n) is 9.90. The number of pyridine rings is 2. The van der Waals surface area contributed by atoms with Gasteiger partial charge in [-0.2, -0.15) is 0 Å². The average Bonchev–Trinajstić information content (AvgIpc) is 2.83. The Bertz CT molecular complexity index is 1290. The number of rotatable bonds is 6. The van der Waals surface area contributed by atoms with E-state index in [1.54, 1.807) is 24.3 Å². The van der Waals surface area contributed by atoms with E-state index in [1.165, 1.54) is 13.3 Å². The second-order valence-electron chi connectivity index (χ2n) is 6.91. The molecule has 0 unspecified atom stereocenters. The molecule has 7 nitrogen and oxygen atoms in total. The van der Waals surface area contributed by atoms with Crippen LogP contribution in [0.15, 0.2) is 72.9 Å². The van der Waals surface area contributed by atoms with E-state index in [0.717, 1.165) is 5.39 Å². The van der Waals surface area contributed by atoms with Crippen molar-refractivity contribution in [1.82, 2.24) is 9.97 Å². The van der Waals surface area contributed by atoms with Crippen LogP contribution in [-0.2, 0) is 16.1 Å². The Morgan fingerprint density at radius 1 is 0.906 bits per heavy atom. The summed E-state index contributed by atoms with van der Waals surface area (Å²) in [5, 5.41) is 0.828. The minimum Gasteiger partial charge on any atom is -0.465 e. The standard InChI is InChI=1S/C25H20N2O5/c1-16-18-11-6-7-13-20(18)27-21(22(16)25(29)30-2)15-31-24(28)19-12-8-14-26-23(19)32-17-9-4-3-5-10-17/h3-14H,15H2,1-2H3. The average molecular weight is 428 g/mol. The minimum absolute atomic E-state index is 0.125. The Hall–Kier alpha value is -4.26. The van der Waals surface area contributed by atoms with E-state index in [1.807, 2.05) is 49.4 Å². The van der Waals surface area contributed by atoms with Gasteiger partial charge in [0.25, 0.3) is 0 Å². The summed E-state index contributed by atoms with van der Waals surface area (Å²) < 4.78 is 16.2. The number of esters is 2. The predicted molar refractivity (Wildman–Crippen MR) is 118 cm³/mol. The molecule has 2 aromatic carbocycles. The largest absolute Gasteiger partial charge is 0.465 e. The first kappa shape index (κ1) is 21.0. The van der Waals surface area contributed by atoms with Crippen LogP contribution < -0.4 is 4.74 Å². The van der Waals surface area contributed by atoms with Gasteiger partial charge in [0.2, 0.25) is 5.88 Å². The van der Waals surface area contributed by atoms with Gasteiger partial charge in [-0.05, 0) is 42.8 Å². The van der Waals surface area contributed by atoms with E-state index in [4.69, 9.17) is 14.2 Å². The van der Waals surface area contributed by atoms with Crippen molar-refractivity contribution in [3.8, 4) is 11.6 Å². The molecule has 0 aliphatic rings. The van der Waals surface area contributed by atoms with Gasteiger partial charge in [0.1, 0.15) is 17.9 Å². The molecule has 160 valence electrons. The van der Waals surface area contributed by atoms with Gasteiger partial charge in [0, 0.05) is 11.6 Å². The molecule has 0 spiro atoms. The topological polar surface area (TPSA) is 87.6 Å². The molecule has 2 heterocycles. The molecule has 2 aromatic heterocycles. The number of fused-ring (bicyclic) bond motifs is 1. The van der Waals surface area contributed by atoms with Crippen LogP contribution >= 0.6 is 0 Å². The Balaban J connectivity index is 1.62. The second kappa shape index (κ2) is 9.26. The fraction of sp³-hybridized carbons (Fsp3) is 0.120. The third-order valence-electron chi connectivity index (χ3n) is 4.91. The number of carbonyl (C=O) groups is 2. The van der Waals surface area contributed by atoms with Gasteiger partial charge in [-0.15, -0.1) is 0 Å². The van der Waals surface area contributed by atoms with Gasteiger partial charge < -0.3 is 14.2 Å². The van der Waals surface area contributed by atoms with Crippen LogP contribution in [0, 0.1) is 6.92 Å². The molecule has 7 heteroatoms. The Kier molecular flexibility index (Phi) is 6.07. The van der Waals surface area contributed by atoms with Crippen LogP contribution in [0.25, 0.3) is 10.9 Å². The lowest BCUT2D eigenvalue weighted by atomic mass is 10.0. The predicted octanol–water partition coefficient (Wildman–Crippen LogP) is 4.87. The SMILES string of the molecule is COC(=O)c1c(COC(=O)c2cccnc2Oc2ccccc2)nc2ccccc2c1C. The number of hydrogen-bond donors (Lipinski definition) is 0. The van der Waals surface area contributed by atoms with Crippen molar-refractivity contribution in [2.45, 2.75) is 13.5 Å². The number of ether oxygens (including phenoxy) is 3. The molecular formula is C25H20N2O5. The van der Waals surface area contributed by atoms with Gasteiger partial charge in [-0.3, -0.25) is 0 Å². The first-order valence-corrected chi connectivity index (χ1v) is 9.90. The lowest BCUT2D eigenvalue weighted by molar-refractivity contribution is 0.0452. The molecule has 4 rings (SSSR count). The van der Waals surface area contributed by atoms with Crippen molar-refractivity contribution in [1.29, 1.82) is 0 Å². The van der Waals surface area contributed by atoms with E-state index in [0.29, 0.717) is 22.5 Å². The maximum atomic E-state index is 12.8. The van der Waals surface area contributed by atoms with Gasteiger partial charge in [-0.25, -0.2) is 19.6 Å². The smallest absolute Gasteiger partial charge is 0.344 e. The third-order valence-corrected chi connectivity index (χ3v) is 4.91. The number of carbonyl (C=O) groups excluding carboxylic acids is 2. The molecule has 0 saturated carbocycles. The highest BCUT2D eigenvalue weighted by molar-refractivity contribution is 5.98. The van der Waals surface area contributed by atoms with Gasteiger partial charge in [0.05, 0.1) is 23.9 Å². The summed E-state index contributed by atoms with van der Waals surface area (Å²) in [5.41, 5.74) is 2.16.